The maximum atomic E-state index is 11.5. The van der Waals surface area contributed by atoms with Gasteiger partial charge in [-0.15, -0.1) is 0 Å². The zero-order valence-electron chi connectivity index (χ0n) is 10.7. The van der Waals surface area contributed by atoms with Crippen LogP contribution in [0.2, 0.25) is 0 Å². The average Bonchev–Trinajstić information content (AvgIpc) is 2.58. The third-order valence-corrected chi connectivity index (χ3v) is 2.71. The Morgan fingerprint density at radius 2 is 2.00 bits per heavy atom. The van der Waals surface area contributed by atoms with Gasteiger partial charge in [-0.1, -0.05) is 27.7 Å². The van der Waals surface area contributed by atoms with Crippen LogP contribution in [-0.2, 0) is 11.2 Å². The fourth-order valence-electron chi connectivity index (χ4n) is 1.89. The van der Waals surface area contributed by atoms with Crippen molar-refractivity contribution in [2.24, 2.45) is 0 Å². The molecule has 0 unspecified atom stereocenters. The van der Waals surface area contributed by atoms with Gasteiger partial charge in [-0.2, -0.15) is 0 Å². The molecule has 0 aromatic carbocycles. The van der Waals surface area contributed by atoms with Gasteiger partial charge in [0, 0.05) is 18.8 Å². The molecule has 0 atom stereocenters. The highest BCUT2D eigenvalue weighted by Gasteiger charge is 2.27. The van der Waals surface area contributed by atoms with E-state index >= 15 is 0 Å². The Morgan fingerprint density at radius 1 is 1.38 bits per heavy atom. The molecule has 0 radical (unpaired) electrons. The van der Waals surface area contributed by atoms with Gasteiger partial charge in [0.2, 0.25) is 5.91 Å². The number of anilines is 1. The zero-order valence-corrected chi connectivity index (χ0v) is 10.7. The number of likely N-dealkylation sites (N-methyl/N-ethyl adjacent to an activating group) is 1. The van der Waals surface area contributed by atoms with Gasteiger partial charge in [-0.3, -0.25) is 9.69 Å². The van der Waals surface area contributed by atoms with Crippen molar-refractivity contribution in [2.75, 3.05) is 11.9 Å². The second-order valence-electron chi connectivity index (χ2n) is 3.99. The lowest BCUT2D eigenvalue weighted by Gasteiger charge is -2.12. The summed E-state index contributed by atoms with van der Waals surface area (Å²) in [5.41, 5.74) is 2.35. The van der Waals surface area contributed by atoms with Crippen LogP contribution in [0.3, 0.4) is 0 Å². The molecular weight excluding hydrogens is 200 g/mol. The Morgan fingerprint density at radius 3 is 2.56 bits per heavy atom. The normalized spacial score (nSPS) is 13.6. The quantitative estimate of drug-likeness (QED) is 0.729. The summed E-state index contributed by atoms with van der Waals surface area (Å²) < 4.78 is 0. The summed E-state index contributed by atoms with van der Waals surface area (Å²) in [6.07, 6.45) is 2.29. The van der Waals surface area contributed by atoms with Crippen molar-refractivity contribution in [3.8, 4) is 0 Å². The molecule has 2 rings (SSSR count). The Balaban J connectivity index is 0.000000606. The van der Waals surface area contributed by atoms with Gasteiger partial charge >= 0.3 is 0 Å². The SMILES string of the molecule is CC.CC(C)c1ccnc2c1CC(=O)N2C. The molecule has 0 spiro atoms. The molecule has 2 heterocycles. The van der Waals surface area contributed by atoms with Gasteiger partial charge in [-0.05, 0) is 17.5 Å². The monoisotopic (exact) mass is 220 g/mol. The molecule has 1 aromatic heterocycles. The number of rotatable bonds is 1. The van der Waals surface area contributed by atoms with E-state index in [9.17, 15) is 4.79 Å². The van der Waals surface area contributed by atoms with Crippen molar-refractivity contribution in [3.63, 3.8) is 0 Å². The van der Waals surface area contributed by atoms with Gasteiger partial charge < -0.3 is 0 Å². The van der Waals surface area contributed by atoms with Crippen molar-refractivity contribution < 1.29 is 4.79 Å². The highest BCUT2D eigenvalue weighted by atomic mass is 16.2. The molecular formula is C13H20N2O. The number of carbonyl (C=O) groups is 1. The number of nitrogens with zero attached hydrogens (tertiary/aromatic N) is 2. The summed E-state index contributed by atoms with van der Waals surface area (Å²) in [6.45, 7) is 8.27. The first-order valence-electron chi connectivity index (χ1n) is 5.85. The molecule has 0 saturated heterocycles. The first kappa shape index (κ1) is 12.7. The minimum atomic E-state index is 0.139. The van der Waals surface area contributed by atoms with Crippen molar-refractivity contribution in [3.05, 3.63) is 23.4 Å². The van der Waals surface area contributed by atoms with Gasteiger partial charge in [0.05, 0.1) is 6.42 Å². The van der Waals surface area contributed by atoms with E-state index in [2.05, 4.69) is 18.8 Å². The topological polar surface area (TPSA) is 33.2 Å². The van der Waals surface area contributed by atoms with Crippen molar-refractivity contribution >= 4 is 11.7 Å². The lowest BCUT2D eigenvalue weighted by molar-refractivity contribution is -0.117. The number of pyridine rings is 1. The maximum Gasteiger partial charge on any atom is 0.232 e. The minimum absolute atomic E-state index is 0.139. The van der Waals surface area contributed by atoms with Crippen LogP contribution in [0.1, 0.15) is 44.7 Å². The Hall–Kier alpha value is -1.38. The van der Waals surface area contributed by atoms with Crippen LogP contribution in [-0.4, -0.2) is 17.9 Å². The number of amides is 1. The van der Waals surface area contributed by atoms with Crippen LogP contribution >= 0.6 is 0 Å². The highest BCUT2D eigenvalue weighted by Crippen LogP contribution is 2.31. The molecule has 1 aliphatic rings. The number of hydrogen-bond donors (Lipinski definition) is 0. The molecule has 1 aromatic rings. The van der Waals surface area contributed by atoms with E-state index in [4.69, 9.17) is 0 Å². The lowest BCUT2D eigenvalue weighted by Crippen LogP contribution is -2.21. The van der Waals surface area contributed by atoms with Crippen LogP contribution in [0.5, 0.6) is 0 Å². The van der Waals surface area contributed by atoms with Gasteiger partial charge in [0.25, 0.3) is 0 Å². The number of carbonyl (C=O) groups excluding carboxylic acids is 1. The Labute approximate surface area is 97.5 Å². The predicted molar refractivity (Wildman–Crippen MR) is 66.8 cm³/mol. The van der Waals surface area contributed by atoms with Crippen molar-refractivity contribution in [1.82, 2.24) is 4.98 Å². The highest BCUT2D eigenvalue weighted by molar-refractivity contribution is 6.00. The molecule has 0 fully saturated rings. The zero-order chi connectivity index (χ0) is 12.3. The van der Waals surface area contributed by atoms with Gasteiger partial charge in [0.15, 0.2) is 0 Å². The minimum Gasteiger partial charge on any atom is -0.299 e. The smallest absolute Gasteiger partial charge is 0.232 e. The second kappa shape index (κ2) is 5.10. The fourth-order valence-corrected chi connectivity index (χ4v) is 1.89. The van der Waals surface area contributed by atoms with E-state index in [0.717, 1.165) is 11.4 Å². The third-order valence-electron chi connectivity index (χ3n) is 2.71. The van der Waals surface area contributed by atoms with E-state index in [-0.39, 0.29) is 5.91 Å². The van der Waals surface area contributed by atoms with E-state index < -0.39 is 0 Å². The Kier molecular flexibility index (Phi) is 4.05. The largest absolute Gasteiger partial charge is 0.299 e. The summed E-state index contributed by atoms with van der Waals surface area (Å²) in [4.78, 5) is 17.4. The first-order valence-corrected chi connectivity index (χ1v) is 5.85. The molecule has 3 heteroatoms. The van der Waals surface area contributed by atoms with Crippen LogP contribution in [0.4, 0.5) is 5.82 Å². The lowest BCUT2D eigenvalue weighted by atomic mass is 9.98. The van der Waals surface area contributed by atoms with Gasteiger partial charge in [-0.25, -0.2) is 4.98 Å². The van der Waals surface area contributed by atoms with Crippen LogP contribution in [0.25, 0.3) is 0 Å². The van der Waals surface area contributed by atoms with Crippen LogP contribution < -0.4 is 4.90 Å². The molecule has 1 amide bonds. The summed E-state index contributed by atoms with van der Waals surface area (Å²) in [5.74, 6) is 1.42. The maximum absolute atomic E-state index is 11.5. The van der Waals surface area contributed by atoms with E-state index in [1.165, 1.54) is 5.56 Å². The number of fused-ring (bicyclic) bond motifs is 1. The third kappa shape index (κ3) is 2.08. The summed E-state index contributed by atoms with van der Waals surface area (Å²) in [7, 11) is 1.78. The van der Waals surface area contributed by atoms with Crippen molar-refractivity contribution in [2.45, 2.75) is 40.0 Å². The number of hydrogen-bond acceptors (Lipinski definition) is 2. The van der Waals surface area contributed by atoms with E-state index in [0.29, 0.717) is 12.3 Å². The first-order chi connectivity index (χ1) is 7.61. The standard InChI is InChI=1S/C11H14N2O.C2H6/c1-7(2)8-4-5-12-11-9(8)6-10(14)13(11)3;1-2/h4-5,7H,6H2,1-3H3;1-2H3. The fraction of sp³-hybridized carbons (Fsp3) is 0.538. The number of aromatic nitrogens is 1. The molecule has 3 nitrogen and oxygen atoms in total. The van der Waals surface area contributed by atoms with Crippen molar-refractivity contribution in [1.29, 1.82) is 0 Å². The summed E-state index contributed by atoms with van der Waals surface area (Å²) >= 11 is 0. The van der Waals surface area contributed by atoms with E-state index in [1.807, 2.05) is 19.9 Å². The predicted octanol–water partition coefficient (Wildman–Crippen LogP) is 2.75. The molecule has 0 aliphatic carbocycles. The molecule has 16 heavy (non-hydrogen) atoms. The molecule has 88 valence electrons. The van der Waals surface area contributed by atoms with Crippen LogP contribution in [0, 0.1) is 0 Å². The van der Waals surface area contributed by atoms with Crippen LogP contribution in [0.15, 0.2) is 12.3 Å². The second-order valence-corrected chi connectivity index (χ2v) is 3.99. The Bertz CT molecular complexity index is 386. The molecule has 0 saturated carbocycles. The van der Waals surface area contributed by atoms with Gasteiger partial charge in [0.1, 0.15) is 5.82 Å². The molecule has 0 bridgehead atoms. The van der Waals surface area contributed by atoms with E-state index in [1.54, 1.807) is 18.1 Å². The summed E-state index contributed by atoms with van der Waals surface area (Å²) in [5, 5.41) is 0. The molecule has 1 aliphatic heterocycles. The summed E-state index contributed by atoms with van der Waals surface area (Å²) in [6, 6.07) is 2.01. The average molecular weight is 220 g/mol. The molecule has 0 N–H and O–H groups in total.